The van der Waals surface area contributed by atoms with Gasteiger partial charge in [-0.2, -0.15) is 0 Å². The lowest BCUT2D eigenvalue weighted by Crippen LogP contribution is -2.55. The molecule has 0 atom stereocenters. The van der Waals surface area contributed by atoms with Crippen LogP contribution >= 0.6 is 0 Å². The Balaban J connectivity index is 1.35. The summed E-state index contributed by atoms with van der Waals surface area (Å²) in [6.45, 7) is 3.02. The summed E-state index contributed by atoms with van der Waals surface area (Å²) in [5.41, 5.74) is 6.24. The van der Waals surface area contributed by atoms with Crippen molar-refractivity contribution in [1.82, 2.24) is 4.90 Å². The van der Waals surface area contributed by atoms with Crippen molar-refractivity contribution in [2.45, 2.75) is 38.5 Å². The maximum absolute atomic E-state index is 13.1. The van der Waals surface area contributed by atoms with Gasteiger partial charge in [0.25, 0.3) is 12.4 Å². The minimum atomic E-state index is -0.763. The highest BCUT2D eigenvalue weighted by atomic mass is 16.6. The first-order chi connectivity index (χ1) is 15.1. The smallest absolute Gasteiger partial charge is 0.295 e. The first-order valence-electron chi connectivity index (χ1n) is 10.6. The summed E-state index contributed by atoms with van der Waals surface area (Å²) in [7, 11) is 0. The molecule has 1 aliphatic heterocycles. The Morgan fingerprint density at radius 1 is 0.935 bits per heavy atom. The van der Waals surface area contributed by atoms with Gasteiger partial charge in [-0.15, -0.1) is 0 Å². The van der Waals surface area contributed by atoms with Crippen LogP contribution in [0.2, 0.25) is 0 Å². The molecule has 31 heavy (non-hydrogen) atoms. The number of fused-ring (bicyclic) bond motifs is 1. The van der Waals surface area contributed by atoms with Crippen LogP contribution in [0.4, 0.5) is 11.4 Å². The SMILES string of the molecule is Cc1ccc(Nc2ccc(-c3ccc4c(c3)C(=O)N(C3(OC=O)CCC3)C4)cc2)cc1. The van der Waals surface area contributed by atoms with E-state index in [-0.39, 0.29) is 5.91 Å². The Kier molecular flexibility index (Phi) is 4.74. The molecule has 5 nitrogen and oxygen atoms in total. The number of carbonyl (C=O) groups is 2. The van der Waals surface area contributed by atoms with Gasteiger partial charge in [0.2, 0.25) is 0 Å². The fourth-order valence-corrected chi connectivity index (χ4v) is 4.38. The average molecular weight is 412 g/mol. The highest BCUT2D eigenvalue weighted by Gasteiger charge is 2.50. The first-order valence-corrected chi connectivity index (χ1v) is 10.6. The molecule has 1 fully saturated rings. The second-order valence-corrected chi connectivity index (χ2v) is 8.35. The molecular weight excluding hydrogens is 388 g/mol. The minimum Gasteiger partial charge on any atom is -0.441 e. The molecule has 3 aromatic rings. The fourth-order valence-electron chi connectivity index (χ4n) is 4.38. The number of benzene rings is 3. The van der Waals surface area contributed by atoms with E-state index in [1.165, 1.54) is 5.56 Å². The van der Waals surface area contributed by atoms with Gasteiger partial charge in [0.1, 0.15) is 0 Å². The standard InChI is InChI=1S/C26H24N2O3/c1-18-3-9-22(10-4-18)27-23-11-7-19(8-12-23)20-5-6-21-16-28(25(30)24(21)15-20)26(31-17-29)13-2-14-26/h3-12,15,17,27H,2,13-14,16H2,1H3. The highest BCUT2D eigenvalue weighted by molar-refractivity contribution is 6.00. The van der Waals surface area contributed by atoms with E-state index in [9.17, 15) is 9.59 Å². The van der Waals surface area contributed by atoms with Crippen molar-refractivity contribution in [3.05, 3.63) is 83.4 Å². The van der Waals surface area contributed by atoms with Crippen LogP contribution in [-0.4, -0.2) is 23.0 Å². The highest BCUT2D eigenvalue weighted by Crippen LogP contribution is 2.43. The minimum absolute atomic E-state index is 0.0592. The zero-order valence-electron chi connectivity index (χ0n) is 17.4. The van der Waals surface area contributed by atoms with E-state index in [1.54, 1.807) is 4.90 Å². The lowest BCUT2D eigenvalue weighted by Gasteiger charge is -2.46. The summed E-state index contributed by atoms with van der Waals surface area (Å²) in [5, 5.41) is 3.40. The summed E-state index contributed by atoms with van der Waals surface area (Å²) < 4.78 is 5.35. The number of hydrogen-bond donors (Lipinski definition) is 1. The summed E-state index contributed by atoms with van der Waals surface area (Å²) in [5.74, 6) is -0.0592. The van der Waals surface area contributed by atoms with Crippen LogP contribution in [0.15, 0.2) is 66.7 Å². The molecule has 5 heteroatoms. The number of nitrogens with zero attached hydrogens (tertiary/aromatic N) is 1. The van der Waals surface area contributed by atoms with Gasteiger partial charge in [-0.3, -0.25) is 14.5 Å². The number of rotatable bonds is 6. The topological polar surface area (TPSA) is 58.6 Å². The molecule has 5 rings (SSSR count). The number of ether oxygens (including phenoxy) is 1. The lowest BCUT2D eigenvalue weighted by atomic mass is 9.86. The Labute approximate surface area is 181 Å². The van der Waals surface area contributed by atoms with Gasteiger partial charge >= 0.3 is 0 Å². The van der Waals surface area contributed by atoms with Crippen molar-refractivity contribution in [3.8, 4) is 11.1 Å². The zero-order chi connectivity index (χ0) is 21.4. The molecule has 1 saturated carbocycles. The van der Waals surface area contributed by atoms with Crippen molar-refractivity contribution >= 4 is 23.8 Å². The summed E-state index contributed by atoms with van der Waals surface area (Å²) >= 11 is 0. The number of nitrogens with one attached hydrogen (secondary N) is 1. The van der Waals surface area contributed by atoms with E-state index < -0.39 is 5.72 Å². The molecule has 1 amide bonds. The normalized spacial score (nSPS) is 16.4. The molecule has 0 aromatic heterocycles. The predicted molar refractivity (Wildman–Crippen MR) is 120 cm³/mol. The zero-order valence-corrected chi connectivity index (χ0v) is 17.4. The van der Waals surface area contributed by atoms with Crippen LogP contribution in [0.1, 0.15) is 40.7 Å². The number of carbonyl (C=O) groups excluding carboxylic acids is 2. The van der Waals surface area contributed by atoms with Gasteiger partial charge in [0.15, 0.2) is 5.72 Å². The van der Waals surface area contributed by atoms with Crippen molar-refractivity contribution in [2.75, 3.05) is 5.32 Å². The maximum Gasteiger partial charge on any atom is 0.295 e. The molecule has 1 aliphatic carbocycles. The lowest BCUT2D eigenvalue weighted by molar-refractivity contribution is -0.185. The molecule has 0 saturated heterocycles. The molecule has 3 aromatic carbocycles. The van der Waals surface area contributed by atoms with E-state index in [2.05, 4.69) is 48.6 Å². The van der Waals surface area contributed by atoms with E-state index in [1.807, 2.05) is 30.3 Å². The van der Waals surface area contributed by atoms with E-state index in [4.69, 9.17) is 4.74 Å². The Hall–Kier alpha value is -3.60. The van der Waals surface area contributed by atoms with Crippen LogP contribution in [0.3, 0.4) is 0 Å². The monoisotopic (exact) mass is 412 g/mol. The molecular formula is C26H24N2O3. The van der Waals surface area contributed by atoms with Gasteiger partial charge in [-0.1, -0.05) is 42.0 Å². The van der Waals surface area contributed by atoms with Crippen LogP contribution in [0.5, 0.6) is 0 Å². The molecule has 156 valence electrons. The Morgan fingerprint density at radius 2 is 1.58 bits per heavy atom. The quantitative estimate of drug-likeness (QED) is 0.550. The molecule has 0 spiro atoms. The third kappa shape index (κ3) is 3.46. The van der Waals surface area contributed by atoms with Gasteiger partial charge in [-0.05, 0) is 60.4 Å². The Bertz CT molecular complexity index is 1130. The van der Waals surface area contributed by atoms with E-state index in [0.717, 1.165) is 34.5 Å². The molecule has 0 bridgehead atoms. The molecule has 2 aliphatic rings. The second kappa shape index (κ2) is 7.58. The number of hydrogen-bond acceptors (Lipinski definition) is 4. The number of aryl methyl sites for hydroxylation is 1. The van der Waals surface area contributed by atoms with E-state index in [0.29, 0.717) is 31.4 Å². The fraction of sp³-hybridized carbons (Fsp3) is 0.231. The summed E-state index contributed by atoms with van der Waals surface area (Å²) in [6.07, 6.45) is 2.36. The van der Waals surface area contributed by atoms with Gasteiger partial charge < -0.3 is 10.1 Å². The van der Waals surface area contributed by atoms with Gasteiger partial charge in [-0.25, -0.2) is 0 Å². The predicted octanol–water partition coefficient (Wildman–Crippen LogP) is 5.41. The van der Waals surface area contributed by atoms with Crippen molar-refractivity contribution in [3.63, 3.8) is 0 Å². The Morgan fingerprint density at radius 3 is 2.19 bits per heavy atom. The molecule has 1 N–H and O–H groups in total. The average Bonchev–Trinajstić information content (AvgIpc) is 3.09. The third-order valence-corrected chi connectivity index (χ3v) is 6.37. The van der Waals surface area contributed by atoms with Crippen LogP contribution in [0.25, 0.3) is 11.1 Å². The molecule has 0 unspecified atom stereocenters. The van der Waals surface area contributed by atoms with Crippen LogP contribution in [0, 0.1) is 6.92 Å². The third-order valence-electron chi connectivity index (χ3n) is 6.37. The molecule has 0 radical (unpaired) electrons. The summed E-state index contributed by atoms with van der Waals surface area (Å²) in [4.78, 5) is 25.8. The van der Waals surface area contributed by atoms with Crippen molar-refractivity contribution < 1.29 is 14.3 Å². The number of anilines is 2. The van der Waals surface area contributed by atoms with Crippen molar-refractivity contribution in [2.24, 2.45) is 0 Å². The van der Waals surface area contributed by atoms with Crippen LogP contribution < -0.4 is 5.32 Å². The van der Waals surface area contributed by atoms with Crippen LogP contribution in [-0.2, 0) is 16.1 Å². The van der Waals surface area contributed by atoms with Gasteiger partial charge in [0, 0.05) is 29.8 Å². The van der Waals surface area contributed by atoms with Crippen molar-refractivity contribution in [1.29, 1.82) is 0 Å². The first kappa shape index (κ1) is 19.4. The molecule has 1 heterocycles. The largest absolute Gasteiger partial charge is 0.441 e. The number of amides is 1. The van der Waals surface area contributed by atoms with Gasteiger partial charge in [0.05, 0.1) is 6.54 Å². The second-order valence-electron chi connectivity index (χ2n) is 8.35. The van der Waals surface area contributed by atoms with E-state index >= 15 is 0 Å². The maximum atomic E-state index is 13.1. The summed E-state index contributed by atoms with van der Waals surface area (Å²) in [6, 6.07) is 22.5.